The number of nitrogens with two attached hydrogens (primary N) is 2. The zero-order valence-electron chi connectivity index (χ0n) is 22.5. The molecule has 0 spiro atoms. The van der Waals surface area contributed by atoms with Crippen molar-refractivity contribution in [3.05, 3.63) is 30.4 Å². The molecule has 2 fully saturated rings. The van der Waals surface area contributed by atoms with E-state index in [4.69, 9.17) is 31.9 Å². The number of anilines is 1. The summed E-state index contributed by atoms with van der Waals surface area (Å²) in [7, 11) is -10.8. The van der Waals surface area contributed by atoms with Gasteiger partial charge in [0.1, 0.15) is 54.2 Å². The lowest BCUT2D eigenvalue weighted by molar-refractivity contribution is -0.0542. The Hall–Kier alpha value is -3.39. The molecule has 22 nitrogen and oxygen atoms in total. The fraction of sp³-hybridized carbons (Fsp3) is 0.476. The van der Waals surface area contributed by atoms with Crippen LogP contribution in [0.25, 0.3) is 11.2 Å². The number of aromatic nitrogens is 6. The zero-order valence-corrected chi connectivity index (χ0v) is 24.3. The van der Waals surface area contributed by atoms with Crippen molar-refractivity contribution >= 4 is 38.5 Å². The van der Waals surface area contributed by atoms with Crippen molar-refractivity contribution in [3.8, 4) is 12.3 Å². The van der Waals surface area contributed by atoms with Gasteiger partial charge in [0.05, 0.1) is 25.9 Å². The van der Waals surface area contributed by atoms with E-state index in [1.54, 1.807) is 0 Å². The maximum absolute atomic E-state index is 12.4. The van der Waals surface area contributed by atoms with Gasteiger partial charge in [0.2, 0.25) is 0 Å². The third-order valence-electron chi connectivity index (χ3n) is 6.78. The number of hydrogen-bond donors (Lipinski definition) is 8. The van der Waals surface area contributed by atoms with Crippen LogP contribution in [-0.2, 0) is 32.0 Å². The predicted molar refractivity (Wildman–Crippen MR) is 143 cm³/mol. The van der Waals surface area contributed by atoms with Crippen molar-refractivity contribution in [2.75, 3.05) is 18.9 Å². The Kier molecular flexibility index (Phi) is 9.11. The number of primary amides is 1. The average molecular weight is 676 g/mol. The van der Waals surface area contributed by atoms with Gasteiger partial charge in [-0.15, -0.1) is 6.42 Å². The molecule has 0 aliphatic carbocycles. The topological polar surface area (TPSA) is 332 Å². The van der Waals surface area contributed by atoms with Gasteiger partial charge >= 0.3 is 15.6 Å². The fourth-order valence-corrected chi connectivity index (χ4v) is 6.73. The summed E-state index contributed by atoms with van der Waals surface area (Å²) in [6, 6.07) is 0. The number of carbonyl (C=O) groups is 1. The van der Waals surface area contributed by atoms with Crippen molar-refractivity contribution in [3.63, 3.8) is 0 Å². The summed E-state index contributed by atoms with van der Waals surface area (Å²) in [5.74, 6) is 1.23. The van der Waals surface area contributed by atoms with E-state index in [-0.39, 0.29) is 28.4 Å². The molecule has 3 aromatic heterocycles. The van der Waals surface area contributed by atoms with Crippen LogP contribution in [0.15, 0.2) is 19.0 Å². The van der Waals surface area contributed by atoms with Crippen LogP contribution >= 0.6 is 15.6 Å². The first-order chi connectivity index (χ1) is 21.1. The van der Waals surface area contributed by atoms with Crippen LogP contribution in [0.2, 0.25) is 0 Å². The number of carbonyl (C=O) groups excluding carboxylic acids is 1. The minimum absolute atomic E-state index is 0.0423. The Labute approximate surface area is 251 Å². The number of hydrogen-bond acceptors (Lipinski definition) is 17. The number of aliphatic hydroxyl groups is 4. The molecule has 45 heavy (non-hydrogen) atoms. The Balaban J connectivity index is 1.17. The number of nitrogen functional groups attached to an aromatic ring is 1. The minimum atomic E-state index is -5.42. The van der Waals surface area contributed by atoms with Crippen LogP contribution in [0.5, 0.6) is 0 Å². The molecule has 2 aliphatic rings. The van der Waals surface area contributed by atoms with Crippen molar-refractivity contribution in [1.82, 2.24) is 29.1 Å². The van der Waals surface area contributed by atoms with Gasteiger partial charge in [0, 0.05) is 0 Å². The quantitative estimate of drug-likeness (QED) is 0.0735. The zero-order chi connectivity index (χ0) is 32.8. The lowest BCUT2D eigenvalue weighted by Crippen LogP contribution is -2.34. The second-order valence-electron chi connectivity index (χ2n) is 9.64. The van der Waals surface area contributed by atoms with E-state index in [0.717, 1.165) is 17.2 Å². The normalized spacial score (nSPS) is 31.0. The second-order valence-corrected chi connectivity index (χ2v) is 12.7. The Morgan fingerprint density at radius 2 is 1.44 bits per heavy atom. The van der Waals surface area contributed by atoms with Gasteiger partial charge in [-0.25, -0.2) is 29.1 Å². The van der Waals surface area contributed by atoms with E-state index in [2.05, 4.69) is 34.7 Å². The molecule has 5 rings (SSSR count). The first-order valence-corrected chi connectivity index (χ1v) is 15.6. The second kappa shape index (κ2) is 12.4. The maximum Gasteiger partial charge on any atom is 0.481 e. The lowest BCUT2D eigenvalue weighted by atomic mass is 10.1. The molecule has 2 aliphatic heterocycles. The SMILES string of the molecule is C#Cc1c(C(N)=O)ncn1[C@@H]1O[C@H](COP(=O)(O)OP(=O)(O)OC[C@H]2O[C@@H](n3cnc4c(N)ncnc43)C(O)[C@H]2O)[C@H](O)C1O. The van der Waals surface area contributed by atoms with Crippen LogP contribution in [0.3, 0.4) is 0 Å². The number of fused-ring (bicyclic) bond motifs is 1. The molecule has 244 valence electrons. The summed E-state index contributed by atoms with van der Waals surface area (Å²) in [5.41, 5.74) is 10.8. The summed E-state index contributed by atoms with van der Waals surface area (Å²) in [6.07, 6.45) is -3.65. The molecule has 0 saturated carbocycles. The number of terminal acetylenes is 1. The number of phosphoric acid groups is 2. The largest absolute Gasteiger partial charge is 0.481 e. The Morgan fingerprint density at radius 3 is 1.98 bits per heavy atom. The predicted octanol–water partition coefficient (Wildman–Crippen LogP) is -3.13. The highest BCUT2D eigenvalue weighted by Crippen LogP contribution is 2.60. The van der Waals surface area contributed by atoms with Crippen molar-refractivity contribution in [2.24, 2.45) is 5.73 Å². The van der Waals surface area contributed by atoms with Crippen LogP contribution in [0.4, 0.5) is 5.82 Å². The van der Waals surface area contributed by atoms with Crippen LogP contribution in [0, 0.1) is 12.3 Å². The summed E-state index contributed by atoms with van der Waals surface area (Å²) >= 11 is 0. The van der Waals surface area contributed by atoms with Gasteiger partial charge in [0.25, 0.3) is 5.91 Å². The number of amides is 1. The van der Waals surface area contributed by atoms with Gasteiger partial charge in [-0.05, 0) is 5.92 Å². The monoisotopic (exact) mass is 676 g/mol. The van der Waals surface area contributed by atoms with Crippen LogP contribution in [-0.4, -0.2) is 115 Å². The van der Waals surface area contributed by atoms with E-state index in [1.807, 2.05) is 0 Å². The highest BCUT2D eigenvalue weighted by Gasteiger charge is 2.48. The third-order valence-corrected chi connectivity index (χ3v) is 9.39. The molecule has 2 saturated heterocycles. The molecule has 3 aromatic rings. The minimum Gasteiger partial charge on any atom is -0.387 e. The van der Waals surface area contributed by atoms with E-state index in [9.17, 15) is 44.1 Å². The van der Waals surface area contributed by atoms with E-state index < -0.39 is 83.8 Å². The summed E-state index contributed by atoms with van der Waals surface area (Å²) in [4.78, 5) is 47.1. The maximum atomic E-state index is 12.4. The van der Waals surface area contributed by atoms with E-state index >= 15 is 0 Å². The number of phosphoric ester groups is 2. The molecule has 4 unspecified atom stereocenters. The summed E-state index contributed by atoms with van der Waals surface area (Å²) in [5, 5.41) is 41.7. The first kappa shape index (κ1) is 33.0. The number of rotatable bonds is 11. The average Bonchev–Trinajstić information content (AvgIpc) is 3.72. The fourth-order valence-electron chi connectivity index (χ4n) is 4.64. The lowest BCUT2D eigenvalue weighted by Gasteiger charge is -2.20. The number of imidazole rings is 2. The number of nitrogens with zero attached hydrogens (tertiary/aromatic N) is 6. The molecule has 0 radical (unpaired) electrons. The molecule has 24 heteroatoms. The van der Waals surface area contributed by atoms with Gasteiger partial charge in [-0.2, -0.15) is 4.31 Å². The molecule has 1 amide bonds. The van der Waals surface area contributed by atoms with Gasteiger partial charge in [0.15, 0.2) is 29.6 Å². The highest BCUT2D eigenvalue weighted by molar-refractivity contribution is 7.61. The molecule has 0 bridgehead atoms. The van der Waals surface area contributed by atoms with Gasteiger partial charge in [-0.1, -0.05) is 0 Å². The highest BCUT2D eigenvalue weighted by atomic mass is 31.3. The van der Waals surface area contributed by atoms with Gasteiger partial charge < -0.3 is 51.2 Å². The van der Waals surface area contributed by atoms with Crippen molar-refractivity contribution < 1.29 is 67.0 Å². The van der Waals surface area contributed by atoms with Gasteiger partial charge in [-0.3, -0.25) is 23.0 Å². The third kappa shape index (κ3) is 6.49. The molecular weight excluding hydrogens is 650 g/mol. The van der Waals surface area contributed by atoms with Crippen LogP contribution < -0.4 is 11.5 Å². The number of ether oxygens (including phenoxy) is 2. The first-order valence-electron chi connectivity index (χ1n) is 12.6. The standard InChI is InChI=1S/C21H26N8O14P2/c1-2-8-11(18(23)34)26-6-28(8)20-15(32)13(30)9(41-20)3-39-44(35,36)43-45(37,38)40-4-10-14(31)16(33)21(42-10)29-7-27-12-17(22)24-5-25-19(12)29/h1,5-7,9-10,13-16,20-21,30-33H,3-4H2,(H2,23,34)(H,35,36)(H,37,38)(H2,22,24,25)/t9-,10-,13+,14+,15?,16?,20-,21-/m1/s1. The van der Waals surface area contributed by atoms with Crippen molar-refractivity contribution in [2.45, 2.75) is 49.1 Å². The molecular formula is C21H26N8O14P2. The Morgan fingerprint density at radius 1 is 0.911 bits per heavy atom. The molecule has 10 N–H and O–H groups in total. The number of aliphatic hydroxyl groups excluding tert-OH is 4. The summed E-state index contributed by atoms with van der Waals surface area (Å²) < 4.78 is 51.8. The summed E-state index contributed by atoms with van der Waals surface area (Å²) in [6.45, 7) is -1.88. The van der Waals surface area contributed by atoms with E-state index in [0.29, 0.717) is 0 Å². The van der Waals surface area contributed by atoms with Crippen LogP contribution in [0.1, 0.15) is 28.6 Å². The smallest absolute Gasteiger partial charge is 0.387 e. The Bertz CT molecular complexity index is 1730. The molecule has 0 aromatic carbocycles. The van der Waals surface area contributed by atoms with Crippen molar-refractivity contribution in [1.29, 1.82) is 0 Å². The van der Waals surface area contributed by atoms with E-state index in [1.165, 1.54) is 10.9 Å². The molecule has 5 heterocycles. The molecule has 10 atom stereocenters.